The number of carbonyl (C=O) groups excluding carboxylic acids is 1. The van der Waals surface area contributed by atoms with Crippen LogP contribution in [0, 0.1) is 5.92 Å². The summed E-state index contributed by atoms with van der Waals surface area (Å²) in [7, 11) is 0. The Kier molecular flexibility index (Phi) is 6.87. The molecular weight excluding hydrogens is 274 g/mol. The molecule has 1 aromatic carbocycles. The summed E-state index contributed by atoms with van der Waals surface area (Å²) in [5.74, 6) is 0.890. The van der Waals surface area contributed by atoms with E-state index in [-0.39, 0.29) is 5.91 Å². The predicted octanol–water partition coefficient (Wildman–Crippen LogP) is 2.14. The highest BCUT2D eigenvalue weighted by molar-refractivity contribution is 5.78. The zero-order valence-electron chi connectivity index (χ0n) is 13.9. The lowest BCUT2D eigenvalue weighted by atomic mass is 10.1. The molecular formula is C18H29N3O. The van der Waals surface area contributed by atoms with Crippen LogP contribution in [0.3, 0.4) is 0 Å². The normalized spacial score (nSPS) is 14.3. The van der Waals surface area contributed by atoms with Crippen LogP contribution in [0.4, 0.5) is 0 Å². The molecule has 0 aromatic heterocycles. The minimum atomic E-state index is 0.0818. The maximum atomic E-state index is 11.9. The Morgan fingerprint density at radius 2 is 1.86 bits per heavy atom. The van der Waals surface area contributed by atoms with Crippen LogP contribution >= 0.6 is 0 Å². The molecule has 0 heterocycles. The number of hydrogen-bond donors (Lipinski definition) is 2. The fourth-order valence-electron chi connectivity index (χ4n) is 2.54. The molecule has 1 amide bonds. The Morgan fingerprint density at radius 3 is 2.50 bits per heavy atom. The van der Waals surface area contributed by atoms with Crippen LogP contribution in [0.15, 0.2) is 24.3 Å². The van der Waals surface area contributed by atoms with Crippen molar-refractivity contribution in [2.45, 2.75) is 39.8 Å². The lowest BCUT2D eigenvalue weighted by molar-refractivity contribution is -0.120. The van der Waals surface area contributed by atoms with Crippen molar-refractivity contribution in [3.63, 3.8) is 0 Å². The Bertz CT molecular complexity index is 467. The maximum absolute atomic E-state index is 11.9. The zero-order valence-corrected chi connectivity index (χ0v) is 13.9. The van der Waals surface area contributed by atoms with Crippen LogP contribution < -0.4 is 10.6 Å². The van der Waals surface area contributed by atoms with Crippen molar-refractivity contribution in [3.05, 3.63) is 35.4 Å². The molecule has 0 radical (unpaired) electrons. The van der Waals surface area contributed by atoms with E-state index >= 15 is 0 Å². The molecule has 4 nitrogen and oxygen atoms in total. The predicted molar refractivity (Wildman–Crippen MR) is 90.5 cm³/mol. The first-order chi connectivity index (χ1) is 10.7. The molecule has 122 valence electrons. The second-order valence-electron chi connectivity index (χ2n) is 6.08. The summed E-state index contributed by atoms with van der Waals surface area (Å²) < 4.78 is 0. The van der Waals surface area contributed by atoms with E-state index < -0.39 is 0 Å². The molecule has 0 bridgehead atoms. The molecule has 22 heavy (non-hydrogen) atoms. The van der Waals surface area contributed by atoms with Crippen LogP contribution in [-0.4, -0.2) is 37.0 Å². The van der Waals surface area contributed by atoms with E-state index in [2.05, 4.69) is 47.6 Å². The third kappa shape index (κ3) is 5.78. The Morgan fingerprint density at radius 1 is 1.18 bits per heavy atom. The van der Waals surface area contributed by atoms with Gasteiger partial charge in [0.15, 0.2) is 0 Å². The molecule has 0 atom stereocenters. The van der Waals surface area contributed by atoms with Crippen LogP contribution in [-0.2, 0) is 17.9 Å². The Balaban J connectivity index is 1.79. The highest BCUT2D eigenvalue weighted by Crippen LogP contribution is 2.27. The smallest absolute Gasteiger partial charge is 0.234 e. The quantitative estimate of drug-likeness (QED) is 0.696. The van der Waals surface area contributed by atoms with Gasteiger partial charge in [-0.2, -0.15) is 0 Å². The highest BCUT2D eigenvalue weighted by Gasteiger charge is 2.20. The molecule has 2 rings (SSSR count). The van der Waals surface area contributed by atoms with Gasteiger partial charge in [0.05, 0.1) is 6.54 Å². The van der Waals surface area contributed by atoms with Crippen LogP contribution in [0.2, 0.25) is 0 Å². The molecule has 1 aromatic rings. The minimum Gasteiger partial charge on any atom is -0.351 e. The van der Waals surface area contributed by atoms with Crippen molar-refractivity contribution in [2.75, 3.05) is 26.2 Å². The minimum absolute atomic E-state index is 0.0818. The number of amides is 1. The summed E-state index contributed by atoms with van der Waals surface area (Å²) in [6.45, 7) is 9.41. The van der Waals surface area contributed by atoms with Crippen molar-refractivity contribution in [1.82, 2.24) is 15.5 Å². The maximum Gasteiger partial charge on any atom is 0.234 e. The van der Waals surface area contributed by atoms with E-state index in [0.717, 1.165) is 32.1 Å². The van der Waals surface area contributed by atoms with Gasteiger partial charge in [-0.3, -0.25) is 9.69 Å². The standard InChI is InChI=1S/C18H29N3O/c1-3-21(4-2)14-17-8-6-5-7-16(17)12-20-18(22)13-19-11-15-9-10-15/h5-8,15,19H,3-4,9-14H2,1-2H3,(H,20,22). The molecule has 2 N–H and O–H groups in total. The summed E-state index contributed by atoms with van der Waals surface area (Å²) in [6.07, 6.45) is 2.63. The molecule has 0 unspecified atom stereocenters. The summed E-state index contributed by atoms with van der Waals surface area (Å²) in [4.78, 5) is 14.3. The second-order valence-corrected chi connectivity index (χ2v) is 6.08. The van der Waals surface area contributed by atoms with E-state index in [9.17, 15) is 4.79 Å². The molecule has 1 saturated carbocycles. The average molecular weight is 303 g/mol. The fourth-order valence-corrected chi connectivity index (χ4v) is 2.54. The molecule has 4 heteroatoms. The first kappa shape index (κ1) is 17.0. The zero-order chi connectivity index (χ0) is 15.8. The van der Waals surface area contributed by atoms with Crippen molar-refractivity contribution in [3.8, 4) is 0 Å². The lowest BCUT2D eigenvalue weighted by Gasteiger charge is -2.20. The number of rotatable bonds is 10. The van der Waals surface area contributed by atoms with Gasteiger partial charge in [-0.25, -0.2) is 0 Å². The summed E-state index contributed by atoms with van der Waals surface area (Å²) in [5, 5.41) is 6.25. The van der Waals surface area contributed by atoms with Gasteiger partial charge in [0.1, 0.15) is 0 Å². The number of benzene rings is 1. The van der Waals surface area contributed by atoms with Crippen LogP contribution in [0.25, 0.3) is 0 Å². The van der Waals surface area contributed by atoms with Crippen molar-refractivity contribution in [1.29, 1.82) is 0 Å². The molecule has 0 aliphatic heterocycles. The van der Waals surface area contributed by atoms with Gasteiger partial charge in [0, 0.05) is 13.1 Å². The first-order valence-corrected chi connectivity index (χ1v) is 8.49. The second kappa shape index (κ2) is 8.91. The van der Waals surface area contributed by atoms with E-state index in [1.165, 1.54) is 24.0 Å². The molecule has 1 aliphatic carbocycles. The number of nitrogens with zero attached hydrogens (tertiary/aromatic N) is 1. The average Bonchev–Trinajstić information content (AvgIpc) is 3.35. The van der Waals surface area contributed by atoms with Gasteiger partial charge < -0.3 is 10.6 Å². The number of nitrogens with one attached hydrogen (secondary N) is 2. The van der Waals surface area contributed by atoms with Crippen molar-refractivity contribution in [2.24, 2.45) is 5.92 Å². The first-order valence-electron chi connectivity index (χ1n) is 8.49. The summed E-state index contributed by atoms with van der Waals surface area (Å²) in [5.41, 5.74) is 2.52. The van der Waals surface area contributed by atoms with Gasteiger partial charge in [0.25, 0.3) is 0 Å². The Hall–Kier alpha value is -1.39. The summed E-state index contributed by atoms with van der Waals surface area (Å²) in [6, 6.07) is 8.38. The van der Waals surface area contributed by atoms with E-state index in [1.54, 1.807) is 0 Å². The largest absolute Gasteiger partial charge is 0.351 e. The number of hydrogen-bond acceptors (Lipinski definition) is 3. The van der Waals surface area contributed by atoms with Crippen molar-refractivity contribution < 1.29 is 4.79 Å². The van der Waals surface area contributed by atoms with Crippen LogP contribution in [0.5, 0.6) is 0 Å². The van der Waals surface area contributed by atoms with Crippen LogP contribution in [0.1, 0.15) is 37.8 Å². The van der Waals surface area contributed by atoms with Gasteiger partial charge in [-0.15, -0.1) is 0 Å². The molecule has 0 saturated heterocycles. The molecule has 1 fully saturated rings. The third-order valence-corrected chi connectivity index (χ3v) is 4.30. The van der Waals surface area contributed by atoms with Gasteiger partial charge in [0.2, 0.25) is 5.91 Å². The Labute approximate surface area is 134 Å². The van der Waals surface area contributed by atoms with Crippen molar-refractivity contribution >= 4 is 5.91 Å². The van der Waals surface area contributed by atoms with Gasteiger partial charge >= 0.3 is 0 Å². The number of carbonyl (C=O) groups is 1. The van der Waals surface area contributed by atoms with Gasteiger partial charge in [-0.1, -0.05) is 38.1 Å². The fraction of sp³-hybridized carbons (Fsp3) is 0.611. The topological polar surface area (TPSA) is 44.4 Å². The van der Waals surface area contributed by atoms with E-state index in [4.69, 9.17) is 0 Å². The monoisotopic (exact) mass is 303 g/mol. The van der Waals surface area contributed by atoms with E-state index in [1.807, 2.05) is 6.07 Å². The molecule has 1 aliphatic rings. The SMILES string of the molecule is CCN(CC)Cc1ccccc1CNC(=O)CNCC1CC1. The van der Waals surface area contributed by atoms with E-state index in [0.29, 0.717) is 13.1 Å². The lowest BCUT2D eigenvalue weighted by Crippen LogP contribution is -2.34. The van der Waals surface area contributed by atoms with Gasteiger partial charge in [-0.05, 0) is 49.5 Å². The highest BCUT2D eigenvalue weighted by atomic mass is 16.1. The summed E-state index contributed by atoms with van der Waals surface area (Å²) >= 11 is 0. The molecule has 0 spiro atoms. The third-order valence-electron chi connectivity index (χ3n) is 4.30.